The molecule has 2 N–H and O–H groups in total. The molecule has 2 atom stereocenters. The number of rotatable bonds is 3. The van der Waals surface area contributed by atoms with E-state index in [0.717, 1.165) is 23.1 Å². The van der Waals surface area contributed by atoms with Crippen molar-refractivity contribution in [2.24, 2.45) is 0 Å². The summed E-state index contributed by atoms with van der Waals surface area (Å²) in [4.78, 5) is 33.8. The van der Waals surface area contributed by atoms with Crippen LogP contribution in [0.4, 0.5) is 10.1 Å². The Bertz CT molecular complexity index is 620. The van der Waals surface area contributed by atoms with Crippen LogP contribution in [0, 0.1) is 15.9 Å². The lowest BCUT2D eigenvalue weighted by atomic mass is 10.1. The highest BCUT2D eigenvalue weighted by atomic mass is 19.1. The monoisotopic (exact) mass is 298 g/mol. The molecule has 1 aromatic rings. The number of hydrogen-bond acceptors (Lipinski definition) is 5. The standard InChI is InChI=1S/C12H11FN2O6/c13-8-2-1-6(3-9(8)15(20)21)11(17)14-5-7(16)4-10(14)12(18)19/h1-3,7,10,16H,4-5H2,(H,18,19)/t7-,10-/m0/s1. The zero-order valence-electron chi connectivity index (χ0n) is 10.6. The molecule has 0 radical (unpaired) electrons. The molecule has 1 aliphatic rings. The Hall–Kier alpha value is -2.55. The second kappa shape index (κ2) is 5.44. The Morgan fingerprint density at radius 2 is 2.10 bits per heavy atom. The Morgan fingerprint density at radius 3 is 2.67 bits per heavy atom. The molecule has 1 amide bonds. The molecule has 1 aromatic carbocycles. The minimum atomic E-state index is -1.28. The third kappa shape index (κ3) is 2.82. The number of aliphatic hydroxyl groups excluding tert-OH is 1. The van der Waals surface area contributed by atoms with Crippen LogP contribution in [0.2, 0.25) is 0 Å². The minimum Gasteiger partial charge on any atom is -0.480 e. The van der Waals surface area contributed by atoms with Crippen molar-refractivity contribution >= 4 is 17.6 Å². The predicted octanol–water partition coefficient (Wildman–Crippen LogP) is 0.394. The van der Waals surface area contributed by atoms with Crippen molar-refractivity contribution in [2.75, 3.05) is 6.54 Å². The molecule has 1 aliphatic heterocycles. The number of nitrogens with zero attached hydrogens (tertiary/aromatic N) is 2. The number of nitro groups is 1. The van der Waals surface area contributed by atoms with Gasteiger partial charge < -0.3 is 15.1 Å². The van der Waals surface area contributed by atoms with E-state index in [1.54, 1.807) is 0 Å². The molecule has 0 bridgehead atoms. The van der Waals surface area contributed by atoms with Crippen molar-refractivity contribution in [3.05, 3.63) is 39.7 Å². The van der Waals surface area contributed by atoms with E-state index < -0.39 is 40.5 Å². The van der Waals surface area contributed by atoms with Gasteiger partial charge in [-0.2, -0.15) is 4.39 Å². The van der Waals surface area contributed by atoms with Crippen LogP contribution < -0.4 is 0 Å². The zero-order chi connectivity index (χ0) is 15.7. The highest BCUT2D eigenvalue weighted by Crippen LogP contribution is 2.24. The summed E-state index contributed by atoms with van der Waals surface area (Å²) in [6, 6.07) is 1.35. The van der Waals surface area contributed by atoms with Crippen LogP contribution in [-0.2, 0) is 4.79 Å². The largest absolute Gasteiger partial charge is 0.480 e. The number of carbonyl (C=O) groups is 2. The van der Waals surface area contributed by atoms with Crippen LogP contribution >= 0.6 is 0 Å². The number of nitro benzene ring substituents is 1. The van der Waals surface area contributed by atoms with Crippen LogP contribution in [0.1, 0.15) is 16.8 Å². The molecule has 1 heterocycles. The van der Waals surface area contributed by atoms with Gasteiger partial charge in [-0.25, -0.2) is 4.79 Å². The number of aliphatic carboxylic acids is 1. The minimum absolute atomic E-state index is 0.121. The Labute approximate surface area is 117 Å². The summed E-state index contributed by atoms with van der Waals surface area (Å²) in [5.41, 5.74) is -1.07. The first kappa shape index (κ1) is 14.9. The normalized spacial score (nSPS) is 21.3. The molecule has 0 saturated carbocycles. The molecule has 2 rings (SSSR count). The lowest BCUT2D eigenvalue weighted by Crippen LogP contribution is -2.40. The number of β-amino-alcohol motifs (C(OH)–C–C–N with tert-alkyl or cyclic N) is 1. The van der Waals surface area contributed by atoms with E-state index in [1.165, 1.54) is 0 Å². The molecule has 1 saturated heterocycles. The first-order chi connectivity index (χ1) is 9.81. The van der Waals surface area contributed by atoms with Gasteiger partial charge in [0, 0.05) is 24.6 Å². The van der Waals surface area contributed by atoms with Crippen LogP contribution in [0.25, 0.3) is 0 Å². The molecule has 0 spiro atoms. The second-order valence-corrected chi connectivity index (χ2v) is 4.62. The van der Waals surface area contributed by atoms with Gasteiger partial charge >= 0.3 is 11.7 Å². The van der Waals surface area contributed by atoms with E-state index in [4.69, 9.17) is 5.11 Å². The summed E-state index contributed by atoms with van der Waals surface area (Å²) in [5.74, 6) is -3.17. The smallest absolute Gasteiger partial charge is 0.326 e. The van der Waals surface area contributed by atoms with Crippen molar-refractivity contribution in [3.63, 3.8) is 0 Å². The van der Waals surface area contributed by atoms with Crippen molar-refractivity contribution in [1.29, 1.82) is 0 Å². The fourth-order valence-corrected chi connectivity index (χ4v) is 2.22. The van der Waals surface area contributed by atoms with Gasteiger partial charge in [-0.3, -0.25) is 14.9 Å². The van der Waals surface area contributed by atoms with Crippen LogP contribution in [0.15, 0.2) is 18.2 Å². The molecule has 8 nitrogen and oxygen atoms in total. The number of likely N-dealkylation sites (tertiary alicyclic amines) is 1. The molecule has 0 unspecified atom stereocenters. The summed E-state index contributed by atoms with van der Waals surface area (Å²) < 4.78 is 13.2. The molecule has 21 heavy (non-hydrogen) atoms. The lowest BCUT2D eigenvalue weighted by Gasteiger charge is -2.21. The predicted molar refractivity (Wildman–Crippen MR) is 66.1 cm³/mol. The molecular weight excluding hydrogens is 287 g/mol. The van der Waals surface area contributed by atoms with Gasteiger partial charge in [0.2, 0.25) is 5.82 Å². The van der Waals surface area contributed by atoms with Gasteiger partial charge in [0.25, 0.3) is 5.91 Å². The average Bonchev–Trinajstić information content (AvgIpc) is 2.80. The Balaban J connectivity index is 2.33. The fraction of sp³-hybridized carbons (Fsp3) is 0.333. The van der Waals surface area contributed by atoms with Gasteiger partial charge in [0.05, 0.1) is 11.0 Å². The van der Waals surface area contributed by atoms with Crippen molar-refractivity contribution < 1.29 is 29.1 Å². The molecule has 0 aliphatic carbocycles. The SMILES string of the molecule is O=C(O)[C@@H]1C[C@H](O)CN1C(=O)c1ccc(F)c([N+](=O)[O-])c1. The first-order valence-corrected chi connectivity index (χ1v) is 5.97. The number of benzene rings is 1. The molecule has 9 heteroatoms. The summed E-state index contributed by atoms with van der Waals surface area (Å²) >= 11 is 0. The number of amides is 1. The molecule has 112 valence electrons. The maximum atomic E-state index is 13.2. The third-order valence-electron chi connectivity index (χ3n) is 3.21. The van der Waals surface area contributed by atoms with Crippen LogP contribution in [0.5, 0.6) is 0 Å². The Kier molecular flexibility index (Phi) is 3.85. The van der Waals surface area contributed by atoms with E-state index in [2.05, 4.69) is 0 Å². The van der Waals surface area contributed by atoms with Gasteiger partial charge in [-0.15, -0.1) is 0 Å². The number of halogens is 1. The number of carboxylic acid groups (broad SMARTS) is 1. The number of carbonyl (C=O) groups excluding carboxylic acids is 1. The van der Waals surface area contributed by atoms with Gasteiger partial charge in [-0.1, -0.05) is 0 Å². The maximum Gasteiger partial charge on any atom is 0.326 e. The Morgan fingerprint density at radius 1 is 1.43 bits per heavy atom. The average molecular weight is 298 g/mol. The van der Waals surface area contributed by atoms with Crippen molar-refractivity contribution in [1.82, 2.24) is 4.90 Å². The number of aliphatic hydroxyl groups is 1. The van der Waals surface area contributed by atoms with Crippen molar-refractivity contribution in [3.8, 4) is 0 Å². The quantitative estimate of drug-likeness (QED) is 0.615. The lowest BCUT2D eigenvalue weighted by molar-refractivity contribution is -0.387. The van der Waals surface area contributed by atoms with Crippen LogP contribution in [-0.4, -0.2) is 50.6 Å². The van der Waals surface area contributed by atoms with E-state index >= 15 is 0 Å². The molecular formula is C12H11FN2O6. The van der Waals surface area contributed by atoms with E-state index in [1.807, 2.05) is 0 Å². The molecule has 1 fully saturated rings. The van der Waals surface area contributed by atoms with E-state index in [9.17, 15) is 29.2 Å². The topological polar surface area (TPSA) is 121 Å². The fourth-order valence-electron chi connectivity index (χ4n) is 2.22. The highest BCUT2D eigenvalue weighted by molar-refractivity contribution is 5.97. The summed E-state index contributed by atoms with van der Waals surface area (Å²) in [6.45, 7) is -0.193. The number of carboxylic acids is 1. The van der Waals surface area contributed by atoms with Gasteiger partial charge in [0.1, 0.15) is 6.04 Å². The highest BCUT2D eigenvalue weighted by Gasteiger charge is 2.39. The summed E-state index contributed by atoms with van der Waals surface area (Å²) in [7, 11) is 0. The van der Waals surface area contributed by atoms with Gasteiger partial charge in [0.15, 0.2) is 0 Å². The van der Waals surface area contributed by atoms with E-state index in [-0.39, 0.29) is 18.5 Å². The van der Waals surface area contributed by atoms with Gasteiger partial charge in [-0.05, 0) is 12.1 Å². The summed E-state index contributed by atoms with van der Waals surface area (Å²) in [6.07, 6.45) is -1.10. The number of hydrogen-bond donors (Lipinski definition) is 2. The molecule has 0 aromatic heterocycles. The van der Waals surface area contributed by atoms with Crippen molar-refractivity contribution in [2.45, 2.75) is 18.6 Å². The van der Waals surface area contributed by atoms with Crippen LogP contribution in [0.3, 0.4) is 0 Å². The second-order valence-electron chi connectivity index (χ2n) is 4.62. The first-order valence-electron chi connectivity index (χ1n) is 5.97. The summed E-state index contributed by atoms with van der Waals surface area (Å²) in [5, 5.41) is 29.1. The third-order valence-corrected chi connectivity index (χ3v) is 3.21. The maximum absolute atomic E-state index is 13.2. The zero-order valence-corrected chi connectivity index (χ0v) is 10.6. The van der Waals surface area contributed by atoms with E-state index in [0.29, 0.717) is 0 Å².